The van der Waals surface area contributed by atoms with Gasteiger partial charge in [-0.2, -0.15) is 0 Å². The summed E-state index contributed by atoms with van der Waals surface area (Å²) in [5, 5.41) is 3.28. The first kappa shape index (κ1) is 15.4. The first-order valence-electron chi connectivity index (χ1n) is 6.69. The summed E-state index contributed by atoms with van der Waals surface area (Å²) in [5.74, 6) is -0.388. The molecule has 6 heteroatoms. The summed E-state index contributed by atoms with van der Waals surface area (Å²) in [7, 11) is 0. The number of ether oxygens (including phenoxy) is 1. The standard InChI is InChI=1S/C15H17FN2O2S/c1-4-13-10(3)21-15(17-13)18-14(19)9(2)20-12-7-5-6-11(16)8-12/h5-9H,4H2,1-3H3,(H,17,18,19). The Hall–Kier alpha value is -1.95. The minimum Gasteiger partial charge on any atom is -0.481 e. The van der Waals surface area contributed by atoms with Crippen LogP contribution in [0, 0.1) is 12.7 Å². The van der Waals surface area contributed by atoms with Crippen molar-refractivity contribution in [1.29, 1.82) is 0 Å². The number of amides is 1. The van der Waals surface area contributed by atoms with Crippen LogP contribution in [0.5, 0.6) is 5.75 Å². The largest absolute Gasteiger partial charge is 0.481 e. The number of thiazole rings is 1. The van der Waals surface area contributed by atoms with Gasteiger partial charge in [-0.3, -0.25) is 10.1 Å². The topological polar surface area (TPSA) is 51.2 Å². The number of benzene rings is 1. The number of carbonyl (C=O) groups is 1. The van der Waals surface area contributed by atoms with Crippen LogP contribution in [0.3, 0.4) is 0 Å². The van der Waals surface area contributed by atoms with Crippen LogP contribution >= 0.6 is 11.3 Å². The average Bonchev–Trinajstić information content (AvgIpc) is 2.78. The highest BCUT2D eigenvalue weighted by atomic mass is 32.1. The lowest BCUT2D eigenvalue weighted by Gasteiger charge is -2.13. The Morgan fingerprint density at radius 2 is 2.29 bits per heavy atom. The molecular formula is C15H17FN2O2S. The van der Waals surface area contributed by atoms with Crippen LogP contribution in [0.15, 0.2) is 24.3 Å². The Bertz CT molecular complexity index is 642. The Kier molecular flexibility index (Phi) is 4.90. The third-order valence-corrected chi connectivity index (χ3v) is 3.86. The van der Waals surface area contributed by atoms with Gasteiger partial charge in [-0.15, -0.1) is 11.3 Å². The van der Waals surface area contributed by atoms with Crippen LogP contribution < -0.4 is 10.1 Å². The van der Waals surface area contributed by atoms with E-state index in [1.165, 1.54) is 29.5 Å². The van der Waals surface area contributed by atoms with Crippen LogP contribution in [0.25, 0.3) is 0 Å². The summed E-state index contributed by atoms with van der Waals surface area (Å²) in [6.45, 7) is 5.60. The molecule has 0 aliphatic rings. The van der Waals surface area contributed by atoms with Gasteiger partial charge in [0.2, 0.25) is 0 Å². The summed E-state index contributed by atoms with van der Waals surface area (Å²) in [4.78, 5) is 17.5. The SMILES string of the molecule is CCc1nc(NC(=O)C(C)Oc2cccc(F)c2)sc1C. The zero-order chi connectivity index (χ0) is 15.4. The number of hydrogen-bond acceptors (Lipinski definition) is 4. The molecule has 0 bridgehead atoms. The summed E-state index contributed by atoms with van der Waals surface area (Å²) in [6, 6.07) is 5.71. The van der Waals surface area contributed by atoms with Crippen LogP contribution in [-0.2, 0) is 11.2 Å². The van der Waals surface area contributed by atoms with Gasteiger partial charge in [0.05, 0.1) is 5.69 Å². The van der Waals surface area contributed by atoms with E-state index in [4.69, 9.17) is 4.74 Å². The van der Waals surface area contributed by atoms with Gasteiger partial charge in [-0.25, -0.2) is 9.37 Å². The number of hydrogen-bond donors (Lipinski definition) is 1. The molecule has 1 heterocycles. The molecule has 1 aromatic heterocycles. The van der Waals surface area contributed by atoms with Gasteiger partial charge in [-0.1, -0.05) is 13.0 Å². The highest BCUT2D eigenvalue weighted by molar-refractivity contribution is 7.15. The molecule has 0 aliphatic heterocycles. The van der Waals surface area contributed by atoms with Crippen molar-refractivity contribution in [3.8, 4) is 5.75 Å². The normalized spacial score (nSPS) is 12.0. The Morgan fingerprint density at radius 1 is 1.52 bits per heavy atom. The van der Waals surface area contributed by atoms with E-state index in [0.717, 1.165) is 17.0 Å². The Morgan fingerprint density at radius 3 is 2.90 bits per heavy atom. The molecule has 1 atom stereocenters. The fourth-order valence-electron chi connectivity index (χ4n) is 1.81. The molecule has 1 unspecified atom stereocenters. The van der Waals surface area contributed by atoms with Gasteiger partial charge in [0.15, 0.2) is 11.2 Å². The predicted molar refractivity (Wildman–Crippen MR) is 81.3 cm³/mol. The lowest BCUT2D eigenvalue weighted by atomic mass is 10.3. The summed E-state index contributed by atoms with van der Waals surface area (Å²) in [5.41, 5.74) is 0.981. The fraction of sp³-hybridized carbons (Fsp3) is 0.333. The summed E-state index contributed by atoms with van der Waals surface area (Å²) >= 11 is 1.43. The number of carbonyl (C=O) groups excluding carboxylic acids is 1. The number of rotatable bonds is 5. The second-order valence-electron chi connectivity index (χ2n) is 4.58. The molecule has 1 amide bonds. The molecule has 0 saturated carbocycles. The average molecular weight is 308 g/mol. The molecule has 2 aromatic rings. The number of aromatic nitrogens is 1. The highest BCUT2D eigenvalue weighted by Gasteiger charge is 2.17. The number of anilines is 1. The van der Waals surface area contributed by atoms with Gasteiger partial charge in [0.1, 0.15) is 11.6 Å². The number of nitrogens with one attached hydrogen (secondary N) is 1. The minimum absolute atomic E-state index is 0.310. The molecule has 21 heavy (non-hydrogen) atoms. The molecule has 2 rings (SSSR count). The summed E-state index contributed by atoms with van der Waals surface area (Å²) in [6.07, 6.45) is 0.0918. The van der Waals surface area contributed by atoms with Gasteiger partial charge >= 0.3 is 0 Å². The summed E-state index contributed by atoms with van der Waals surface area (Å²) < 4.78 is 18.5. The molecule has 0 radical (unpaired) electrons. The van der Waals surface area contributed by atoms with Crippen LogP contribution in [0.1, 0.15) is 24.4 Å². The van der Waals surface area contributed by atoms with E-state index in [9.17, 15) is 9.18 Å². The zero-order valence-corrected chi connectivity index (χ0v) is 13.0. The maximum Gasteiger partial charge on any atom is 0.266 e. The van der Waals surface area contributed by atoms with E-state index >= 15 is 0 Å². The van der Waals surface area contributed by atoms with Crippen molar-refractivity contribution in [2.24, 2.45) is 0 Å². The Labute approximate surface area is 127 Å². The fourth-order valence-corrected chi connectivity index (χ4v) is 2.72. The van der Waals surface area contributed by atoms with Crippen molar-refractivity contribution in [2.75, 3.05) is 5.32 Å². The second-order valence-corrected chi connectivity index (χ2v) is 5.79. The molecule has 0 fully saturated rings. The van der Waals surface area contributed by atoms with E-state index in [1.807, 2.05) is 13.8 Å². The third kappa shape index (κ3) is 4.01. The smallest absolute Gasteiger partial charge is 0.266 e. The molecule has 0 saturated heterocycles. The van der Waals surface area contributed by atoms with E-state index in [0.29, 0.717) is 10.9 Å². The van der Waals surface area contributed by atoms with Gasteiger partial charge in [0, 0.05) is 10.9 Å². The van der Waals surface area contributed by atoms with Crippen LogP contribution in [0.2, 0.25) is 0 Å². The lowest BCUT2D eigenvalue weighted by Crippen LogP contribution is -2.30. The van der Waals surface area contributed by atoms with Crippen LogP contribution in [-0.4, -0.2) is 17.0 Å². The maximum absolute atomic E-state index is 13.1. The first-order chi connectivity index (χ1) is 9.99. The first-order valence-corrected chi connectivity index (χ1v) is 7.50. The zero-order valence-electron chi connectivity index (χ0n) is 12.1. The molecule has 0 aliphatic carbocycles. The molecule has 112 valence electrons. The number of halogens is 1. The molecule has 4 nitrogen and oxygen atoms in total. The van der Waals surface area contributed by atoms with Crippen molar-refractivity contribution in [2.45, 2.75) is 33.3 Å². The molecule has 1 N–H and O–H groups in total. The predicted octanol–water partition coefficient (Wildman–Crippen LogP) is 3.56. The maximum atomic E-state index is 13.1. The monoisotopic (exact) mass is 308 g/mol. The molecular weight excluding hydrogens is 291 g/mol. The van der Waals surface area contributed by atoms with Crippen molar-refractivity contribution < 1.29 is 13.9 Å². The second kappa shape index (κ2) is 6.67. The van der Waals surface area contributed by atoms with Crippen molar-refractivity contribution in [3.05, 3.63) is 40.7 Å². The minimum atomic E-state index is -0.735. The van der Waals surface area contributed by atoms with Gasteiger partial charge in [-0.05, 0) is 32.4 Å². The molecule has 0 spiro atoms. The number of aryl methyl sites for hydroxylation is 2. The van der Waals surface area contributed by atoms with E-state index < -0.39 is 11.9 Å². The Balaban J connectivity index is 1.99. The van der Waals surface area contributed by atoms with Gasteiger partial charge < -0.3 is 4.74 Å². The number of nitrogens with zero attached hydrogens (tertiary/aromatic N) is 1. The van der Waals surface area contributed by atoms with E-state index in [-0.39, 0.29) is 5.91 Å². The van der Waals surface area contributed by atoms with Crippen LogP contribution in [0.4, 0.5) is 9.52 Å². The van der Waals surface area contributed by atoms with Crippen molar-refractivity contribution in [3.63, 3.8) is 0 Å². The van der Waals surface area contributed by atoms with E-state index in [2.05, 4.69) is 10.3 Å². The van der Waals surface area contributed by atoms with Crippen molar-refractivity contribution >= 4 is 22.4 Å². The highest BCUT2D eigenvalue weighted by Crippen LogP contribution is 2.23. The van der Waals surface area contributed by atoms with Gasteiger partial charge in [0.25, 0.3) is 5.91 Å². The third-order valence-electron chi connectivity index (χ3n) is 2.94. The molecule has 1 aromatic carbocycles. The van der Waals surface area contributed by atoms with Crippen molar-refractivity contribution in [1.82, 2.24) is 4.98 Å². The lowest BCUT2D eigenvalue weighted by molar-refractivity contribution is -0.122. The van der Waals surface area contributed by atoms with E-state index in [1.54, 1.807) is 13.0 Å². The quantitative estimate of drug-likeness (QED) is 0.919.